The minimum absolute atomic E-state index is 0.250. The first-order valence-electron chi connectivity index (χ1n) is 8.33. The van der Waals surface area contributed by atoms with E-state index in [1.807, 2.05) is 13.0 Å². The van der Waals surface area contributed by atoms with E-state index in [9.17, 15) is 4.79 Å². The molecule has 150 valence electrons. The van der Waals surface area contributed by atoms with E-state index in [1.165, 1.54) is 19.8 Å². The molecule has 0 heterocycles. The molecule has 0 aliphatic rings. The summed E-state index contributed by atoms with van der Waals surface area (Å²) < 4.78 is 21.1. The molecule has 0 saturated heterocycles. The molecule has 7 nitrogen and oxygen atoms in total. The second-order valence-corrected chi connectivity index (χ2v) is 5.86. The van der Waals surface area contributed by atoms with Crippen molar-refractivity contribution in [3.05, 3.63) is 52.1 Å². The summed E-state index contributed by atoms with van der Waals surface area (Å²) in [6.45, 7) is 4.11. The Hall–Kier alpha value is -3.31. The van der Waals surface area contributed by atoms with Gasteiger partial charge in [-0.25, -0.2) is 4.79 Å². The number of benzene rings is 2. The molecule has 0 bridgehead atoms. The molecule has 0 fully saturated rings. The Morgan fingerprint density at radius 2 is 1.25 bits per heavy atom. The highest BCUT2D eigenvalue weighted by Gasteiger charge is 2.19. The predicted octanol–water partition coefficient (Wildman–Crippen LogP) is 3.12. The SMILES string of the molecule is COC(=O)c1cc(Cc2cc(C)c(C)cc2OC)c(OC)cc1OC.O=C=O. The predicted molar refractivity (Wildman–Crippen MR) is 101 cm³/mol. The fraction of sp³-hybridized carbons (Fsp3) is 0.333. The van der Waals surface area contributed by atoms with Crippen LogP contribution < -0.4 is 14.2 Å². The van der Waals surface area contributed by atoms with Gasteiger partial charge in [-0.2, -0.15) is 9.59 Å². The third-order valence-electron chi connectivity index (χ3n) is 4.29. The molecule has 0 N–H and O–H groups in total. The lowest BCUT2D eigenvalue weighted by Crippen LogP contribution is -2.07. The molecule has 0 spiro atoms. The largest absolute Gasteiger partial charge is 0.496 e. The van der Waals surface area contributed by atoms with E-state index in [-0.39, 0.29) is 6.15 Å². The number of methoxy groups -OCH3 is 4. The van der Waals surface area contributed by atoms with Gasteiger partial charge in [-0.3, -0.25) is 0 Å². The van der Waals surface area contributed by atoms with Crippen LogP contribution in [0.2, 0.25) is 0 Å². The van der Waals surface area contributed by atoms with Gasteiger partial charge in [-0.15, -0.1) is 0 Å². The first kappa shape index (κ1) is 22.7. The molecule has 0 aromatic heterocycles. The first-order chi connectivity index (χ1) is 13.4. The summed E-state index contributed by atoms with van der Waals surface area (Å²) in [5.41, 5.74) is 4.58. The van der Waals surface area contributed by atoms with Gasteiger partial charge in [0.1, 0.15) is 22.8 Å². The third kappa shape index (κ3) is 5.34. The van der Waals surface area contributed by atoms with Crippen LogP contribution in [0.1, 0.15) is 32.6 Å². The van der Waals surface area contributed by atoms with Gasteiger partial charge in [0, 0.05) is 12.5 Å². The molecule has 28 heavy (non-hydrogen) atoms. The van der Waals surface area contributed by atoms with Crippen molar-refractivity contribution in [2.24, 2.45) is 0 Å². The zero-order valence-electron chi connectivity index (χ0n) is 16.9. The number of carbonyl (C=O) groups excluding carboxylic acids is 3. The summed E-state index contributed by atoms with van der Waals surface area (Å²) in [5, 5.41) is 0. The normalized spacial score (nSPS) is 9.50. The minimum Gasteiger partial charge on any atom is -0.496 e. The van der Waals surface area contributed by atoms with Crippen molar-refractivity contribution in [2.45, 2.75) is 20.3 Å². The van der Waals surface area contributed by atoms with Crippen LogP contribution in [0.3, 0.4) is 0 Å². The Morgan fingerprint density at radius 1 is 0.786 bits per heavy atom. The van der Waals surface area contributed by atoms with Crippen LogP contribution >= 0.6 is 0 Å². The molecule has 0 aliphatic carbocycles. The zero-order chi connectivity index (χ0) is 21.3. The van der Waals surface area contributed by atoms with Crippen molar-refractivity contribution in [2.75, 3.05) is 28.4 Å². The number of carbonyl (C=O) groups is 1. The number of esters is 1. The van der Waals surface area contributed by atoms with Crippen LogP contribution in [0.5, 0.6) is 17.2 Å². The molecular formula is C21H24O7. The summed E-state index contributed by atoms with van der Waals surface area (Å²) >= 11 is 0. The van der Waals surface area contributed by atoms with Crippen LogP contribution in [-0.4, -0.2) is 40.6 Å². The van der Waals surface area contributed by atoms with Gasteiger partial charge in [0.15, 0.2) is 0 Å². The van der Waals surface area contributed by atoms with Crippen molar-refractivity contribution in [3.8, 4) is 17.2 Å². The van der Waals surface area contributed by atoms with E-state index in [0.29, 0.717) is 23.5 Å². The van der Waals surface area contributed by atoms with Crippen molar-refractivity contribution in [1.29, 1.82) is 0 Å². The fourth-order valence-corrected chi connectivity index (χ4v) is 2.76. The summed E-state index contributed by atoms with van der Waals surface area (Å²) in [6, 6.07) is 7.56. The third-order valence-corrected chi connectivity index (χ3v) is 4.29. The first-order valence-corrected chi connectivity index (χ1v) is 8.33. The Kier molecular flexibility index (Phi) is 8.72. The summed E-state index contributed by atoms with van der Waals surface area (Å²) in [6.07, 6.45) is 0.807. The molecule has 2 aromatic carbocycles. The second kappa shape index (κ2) is 10.7. The molecule has 0 amide bonds. The minimum atomic E-state index is -0.451. The number of rotatable bonds is 6. The molecule has 2 rings (SSSR count). The highest BCUT2D eigenvalue weighted by atomic mass is 16.5. The number of ether oxygens (including phenoxy) is 4. The van der Waals surface area contributed by atoms with E-state index >= 15 is 0 Å². The monoisotopic (exact) mass is 388 g/mol. The lowest BCUT2D eigenvalue weighted by Gasteiger charge is -2.16. The lowest BCUT2D eigenvalue weighted by atomic mass is 9.97. The maximum absolute atomic E-state index is 12.1. The molecule has 0 unspecified atom stereocenters. The molecule has 2 aromatic rings. The highest BCUT2D eigenvalue weighted by molar-refractivity contribution is 5.93. The van der Waals surface area contributed by atoms with Crippen LogP contribution in [0.4, 0.5) is 0 Å². The fourth-order valence-electron chi connectivity index (χ4n) is 2.76. The summed E-state index contributed by atoms with van der Waals surface area (Å²) in [5.74, 6) is 1.41. The van der Waals surface area contributed by atoms with Gasteiger partial charge < -0.3 is 18.9 Å². The average molecular weight is 388 g/mol. The van der Waals surface area contributed by atoms with Gasteiger partial charge in [0.25, 0.3) is 0 Å². The van der Waals surface area contributed by atoms with Crippen molar-refractivity contribution >= 4 is 12.1 Å². The molecular weight excluding hydrogens is 364 g/mol. The summed E-state index contributed by atoms with van der Waals surface area (Å²) in [7, 11) is 6.09. The van der Waals surface area contributed by atoms with Gasteiger partial charge in [0.05, 0.1) is 28.4 Å². The zero-order valence-corrected chi connectivity index (χ0v) is 16.9. The quantitative estimate of drug-likeness (QED) is 0.703. The molecule has 0 atom stereocenters. The van der Waals surface area contributed by atoms with Crippen LogP contribution in [-0.2, 0) is 20.7 Å². The molecule has 0 saturated carbocycles. The Labute approximate surface area is 164 Å². The number of hydrogen-bond acceptors (Lipinski definition) is 7. The molecule has 7 heteroatoms. The van der Waals surface area contributed by atoms with Gasteiger partial charge in [-0.05, 0) is 48.2 Å². The van der Waals surface area contributed by atoms with E-state index in [4.69, 9.17) is 28.5 Å². The Morgan fingerprint density at radius 3 is 1.75 bits per heavy atom. The van der Waals surface area contributed by atoms with E-state index in [2.05, 4.69) is 13.0 Å². The van der Waals surface area contributed by atoms with Crippen molar-refractivity contribution in [1.82, 2.24) is 0 Å². The topological polar surface area (TPSA) is 88.1 Å². The standard InChI is InChI=1S/C20H24O5.CO2/c1-12-7-14(17(22-3)8-13(12)2)9-15-10-16(20(21)25-6)19(24-5)11-18(15)23-4;2-1-3/h7-8,10-11H,9H2,1-6H3;. The van der Waals surface area contributed by atoms with Crippen molar-refractivity contribution in [3.63, 3.8) is 0 Å². The summed E-state index contributed by atoms with van der Waals surface area (Å²) in [4.78, 5) is 28.3. The average Bonchev–Trinajstić information content (AvgIpc) is 2.70. The maximum atomic E-state index is 12.1. The second-order valence-electron chi connectivity index (χ2n) is 5.86. The number of aryl methyl sites for hydroxylation is 2. The van der Waals surface area contributed by atoms with E-state index < -0.39 is 5.97 Å². The van der Waals surface area contributed by atoms with Crippen molar-refractivity contribution < 1.29 is 33.3 Å². The van der Waals surface area contributed by atoms with E-state index in [1.54, 1.807) is 26.4 Å². The van der Waals surface area contributed by atoms with Crippen LogP contribution in [0.15, 0.2) is 24.3 Å². The van der Waals surface area contributed by atoms with Crippen LogP contribution in [0, 0.1) is 13.8 Å². The maximum Gasteiger partial charge on any atom is 0.373 e. The highest BCUT2D eigenvalue weighted by Crippen LogP contribution is 2.33. The van der Waals surface area contributed by atoms with Gasteiger partial charge in [-0.1, -0.05) is 6.07 Å². The van der Waals surface area contributed by atoms with E-state index in [0.717, 1.165) is 22.4 Å². The molecule has 0 radical (unpaired) electrons. The van der Waals surface area contributed by atoms with Gasteiger partial charge >= 0.3 is 12.1 Å². The number of hydrogen-bond donors (Lipinski definition) is 0. The molecule has 0 aliphatic heterocycles. The Bertz CT molecular complexity index is 866. The Balaban J connectivity index is 0.00000122. The van der Waals surface area contributed by atoms with Crippen LogP contribution in [0.25, 0.3) is 0 Å². The lowest BCUT2D eigenvalue weighted by molar-refractivity contribution is -0.191. The smallest absolute Gasteiger partial charge is 0.373 e. The van der Waals surface area contributed by atoms with Gasteiger partial charge in [0.2, 0.25) is 0 Å².